The fourth-order valence-corrected chi connectivity index (χ4v) is 1.69. The Morgan fingerprint density at radius 1 is 1.22 bits per heavy atom. The highest BCUT2D eigenvalue weighted by atomic mass is 16.5. The maximum Gasteiger partial charge on any atom is 0.336 e. The summed E-state index contributed by atoms with van der Waals surface area (Å²) in [6.07, 6.45) is 0. The van der Waals surface area contributed by atoms with Crippen LogP contribution < -0.4 is 10.4 Å². The van der Waals surface area contributed by atoms with E-state index in [1.54, 1.807) is 6.07 Å². The standard InChI is InChI=1S/C15H18O3/c1-10-7-14(16)18-13-6-5-11(8-12(10)13)17-9-15(2,3)4/h5-8H,9H2,1-4H3. The maximum atomic E-state index is 11.2. The van der Waals surface area contributed by atoms with Gasteiger partial charge in [-0.05, 0) is 36.1 Å². The van der Waals surface area contributed by atoms with Crippen molar-refractivity contribution in [1.29, 1.82) is 0 Å². The molecule has 96 valence electrons. The Balaban J connectivity index is 2.36. The molecule has 0 atom stereocenters. The quantitative estimate of drug-likeness (QED) is 0.761. The van der Waals surface area contributed by atoms with Gasteiger partial charge in [0.2, 0.25) is 0 Å². The lowest BCUT2D eigenvalue weighted by molar-refractivity contribution is 0.198. The fourth-order valence-electron chi connectivity index (χ4n) is 1.69. The number of benzene rings is 1. The van der Waals surface area contributed by atoms with Gasteiger partial charge in [0, 0.05) is 11.5 Å². The molecule has 18 heavy (non-hydrogen) atoms. The van der Waals surface area contributed by atoms with Crippen LogP contribution in [0.3, 0.4) is 0 Å². The van der Waals surface area contributed by atoms with Gasteiger partial charge in [0.1, 0.15) is 11.3 Å². The van der Waals surface area contributed by atoms with E-state index in [4.69, 9.17) is 9.15 Å². The van der Waals surface area contributed by atoms with Crippen LogP contribution in [0.15, 0.2) is 33.5 Å². The van der Waals surface area contributed by atoms with Crippen molar-refractivity contribution in [2.24, 2.45) is 5.41 Å². The zero-order chi connectivity index (χ0) is 13.3. The minimum atomic E-state index is -0.316. The summed E-state index contributed by atoms with van der Waals surface area (Å²) in [5.74, 6) is 0.800. The van der Waals surface area contributed by atoms with Crippen LogP contribution in [0.4, 0.5) is 0 Å². The molecular weight excluding hydrogens is 228 g/mol. The molecule has 1 heterocycles. The topological polar surface area (TPSA) is 39.4 Å². The zero-order valence-corrected chi connectivity index (χ0v) is 11.2. The lowest BCUT2D eigenvalue weighted by atomic mass is 9.99. The molecule has 0 aliphatic carbocycles. The second kappa shape index (κ2) is 4.48. The average molecular weight is 246 g/mol. The van der Waals surface area contributed by atoms with E-state index in [0.717, 1.165) is 16.7 Å². The van der Waals surface area contributed by atoms with Crippen LogP contribution in [0.2, 0.25) is 0 Å². The second-order valence-corrected chi connectivity index (χ2v) is 5.76. The molecule has 3 nitrogen and oxygen atoms in total. The van der Waals surface area contributed by atoms with E-state index in [0.29, 0.717) is 12.2 Å². The van der Waals surface area contributed by atoms with Crippen LogP contribution in [0.5, 0.6) is 5.75 Å². The minimum Gasteiger partial charge on any atom is -0.493 e. The highest BCUT2D eigenvalue weighted by Crippen LogP contribution is 2.24. The van der Waals surface area contributed by atoms with Gasteiger partial charge in [0.05, 0.1) is 6.61 Å². The van der Waals surface area contributed by atoms with E-state index < -0.39 is 0 Å². The zero-order valence-electron chi connectivity index (χ0n) is 11.2. The van der Waals surface area contributed by atoms with E-state index in [-0.39, 0.29) is 11.0 Å². The molecule has 1 aromatic heterocycles. The van der Waals surface area contributed by atoms with Gasteiger partial charge in [-0.2, -0.15) is 0 Å². The first kappa shape index (κ1) is 12.7. The molecular formula is C15H18O3. The number of fused-ring (bicyclic) bond motifs is 1. The van der Waals surface area contributed by atoms with Crippen LogP contribution in [0.25, 0.3) is 11.0 Å². The Morgan fingerprint density at radius 2 is 1.94 bits per heavy atom. The summed E-state index contributed by atoms with van der Waals surface area (Å²) in [6, 6.07) is 7.02. The van der Waals surface area contributed by atoms with E-state index in [9.17, 15) is 4.79 Å². The smallest absolute Gasteiger partial charge is 0.336 e. The normalized spacial score (nSPS) is 11.8. The number of hydrogen-bond donors (Lipinski definition) is 0. The van der Waals surface area contributed by atoms with Gasteiger partial charge in [-0.25, -0.2) is 4.79 Å². The first-order valence-corrected chi connectivity index (χ1v) is 6.02. The molecule has 2 rings (SSSR count). The van der Waals surface area contributed by atoms with Gasteiger partial charge in [-0.1, -0.05) is 20.8 Å². The van der Waals surface area contributed by atoms with Crippen LogP contribution in [0.1, 0.15) is 26.3 Å². The summed E-state index contributed by atoms with van der Waals surface area (Å²) in [7, 11) is 0. The molecule has 0 fully saturated rings. The Kier molecular flexibility index (Phi) is 3.16. The molecule has 0 radical (unpaired) electrons. The molecule has 0 bridgehead atoms. The number of ether oxygens (including phenoxy) is 1. The monoisotopic (exact) mass is 246 g/mol. The highest BCUT2D eigenvalue weighted by Gasteiger charge is 2.11. The van der Waals surface area contributed by atoms with Gasteiger partial charge in [-0.15, -0.1) is 0 Å². The van der Waals surface area contributed by atoms with Gasteiger partial charge < -0.3 is 9.15 Å². The molecule has 0 aliphatic heterocycles. The third-order valence-electron chi connectivity index (χ3n) is 2.59. The molecule has 2 aromatic rings. The van der Waals surface area contributed by atoms with Crippen molar-refractivity contribution in [2.75, 3.05) is 6.61 Å². The van der Waals surface area contributed by atoms with Crippen LogP contribution >= 0.6 is 0 Å². The van der Waals surface area contributed by atoms with Crippen molar-refractivity contribution in [3.8, 4) is 5.75 Å². The molecule has 0 unspecified atom stereocenters. The summed E-state index contributed by atoms with van der Waals surface area (Å²) < 4.78 is 10.9. The number of hydrogen-bond acceptors (Lipinski definition) is 3. The van der Waals surface area contributed by atoms with Gasteiger partial charge in [-0.3, -0.25) is 0 Å². The molecule has 0 saturated carbocycles. The minimum absolute atomic E-state index is 0.118. The van der Waals surface area contributed by atoms with Crippen molar-refractivity contribution < 1.29 is 9.15 Å². The van der Waals surface area contributed by atoms with E-state index in [2.05, 4.69) is 20.8 Å². The van der Waals surface area contributed by atoms with Crippen LogP contribution in [-0.4, -0.2) is 6.61 Å². The summed E-state index contributed by atoms with van der Waals surface area (Å²) >= 11 is 0. The highest BCUT2D eigenvalue weighted by molar-refractivity contribution is 5.81. The van der Waals surface area contributed by atoms with Crippen molar-refractivity contribution in [3.05, 3.63) is 40.2 Å². The Hall–Kier alpha value is -1.77. The molecule has 0 aliphatic rings. The predicted molar refractivity (Wildman–Crippen MR) is 72.2 cm³/mol. The van der Waals surface area contributed by atoms with Crippen LogP contribution in [0, 0.1) is 12.3 Å². The summed E-state index contributed by atoms with van der Waals surface area (Å²) in [5, 5.41) is 0.918. The van der Waals surface area contributed by atoms with Crippen molar-refractivity contribution in [2.45, 2.75) is 27.7 Å². The predicted octanol–water partition coefficient (Wildman–Crippen LogP) is 3.53. The van der Waals surface area contributed by atoms with Gasteiger partial charge in [0.15, 0.2) is 0 Å². The lowest BCUT2D eigenvalue weighted by Crippen LogP contribution is -2.16. The average Bonchev–Trinajstić information content (AvgIpc) is 2.25. The van der Waals surface area contributed by atoms with Crippen molar-refractivity contribution in [3.63, 3.8) is 0 Å². The Bertz CT molecular complexity index is 618. The van der Waals surface area contributed by atoms with Crippen molar-refractivity contribution in [1.82, 2.24) is 0 Å². The van der Waals surface area contributed by atoms with E-state index in [1.807, 2.05) is 19.1 Å². The van der Waals surface area contributed by atoms with Gasteiger partial charge >= 0.3 is 5.63 Å². The Morgan fingerprint density at radius 3 is 2.61 bits per heavy atom. The lowest BCUT2D eigenvalue weighted by Gasteiger charge is -2.19. The largest absolute Gasteiger partial charge is 0.493 e. The molecule has 3 heteroatoms. The molecule has 0 N–H and O–H groups in total. The summed E-state index contributed by atoms with van der Waals surface area (Å²) in [5.41, 5.74) is 1.31. The van der Waals surface area contributed by atoms with E-state index >= 15 is 0 Å². The third-order valence-corrected chi connectivity index (χ3v) is 2.59. The Labute approximate surface area is 106 Å². The van der Waals surface area contributed by atoms with Crippen molar-refractivity contribution >= 4 is 11.0 Å². The summed E-state index contributed by atoms with van der Waals surface area (Å²) in [4.78, 5) is 11.2. The molecule has 0 amide bonds. The second-order valence-electron chi connectivity index (χ2n) is 5.76. The molecule has 0 saturated heterocycles. The van der Waals surface area contributed by atoms with Gasteiger partial charge in [0.25, 0.3) is 0 Å². The summed E-state index contributed by atoms with van der Waals surface area (Å²) in [6.45, 7) is 8.91. The maximum absolute atomic E-state index is 11.2. The number of rotatable bonds is 2. The van der Waals surface area contributed by atoms with E-state index in [1.165, 1.54) is 6.07 Å². The first-order chi connectivity index (χ1) is 8.35. The molecule has 1 aromatic carbocycles. The third kappa shape index (κ3) is 2.92. The first-order valence-electron chi connectivity index (χ1n) is 6.02. The fraction of sp³-hybridized carbons (Fsp3) is 0.400. The molecule has 0 spiro atoms. The van der Waals surface area contributed by atoms with Crippen LogP contribution in [-0.2, 0) is 0 Å². The number of aryl methyl sites for hydroxylation is 1. The SMILES string of the molecule is Cc1cc(=O)oc2ccc(OCC(C)(C)C)cc12.